The maximum absolute atomic E-state index is 12.5. The zero-order chi connectivity index (χ0) is 20.4. The average molecular weight is 399 g/mol. The molecule has 1 saturated heterocycles. The summed E-state index contributed by atoms with van der Waals surface area (Å²) in [7, 11) is 0. The fourth-order valence-corrected chi connectivity index (χ4v) is 3.02. The lowest BCUT2D eigenvalue weighted by atomic mass is 10.2. The van der Waals surface area contributed by atoms with Crippen molar-refractivity contribution in [1.29, 1.82) is 0 Å². The predicted molar refractivity (Wildman–Crippen MR) is 103 cm³/mol. The minimum absolute atomic E-state index is 0.0907. The number of halogens is 3. The lowest BCUT2D eigenvalue weighted by molar-refractivity contribution is -0.143. The standard InChI is InChI=1S/C19H28F3N5O/c1-2-23-18(26-16-9-11-27(13-16)14-19(20,21)22)24-10-8-17(28)25-12-15-6-4-3-5-7-15/h3-7,16H,2,8-14H2,1H3,(H,25,28)(H2,23,24,26). The van der Waals surface area contributed by atoms with Crippen LogP contribution in [0.15, 0.2) is 35.3 Å². The van der Waals surface area contributed by atoms with Gasteiger partial charge in [-0.2, -0.15) is 13.2 Å². The summed E-state index contributed by atoms with van der Waals surface area (Å²) in [6.07, 6.45) is -3.31. The van der Waals surface area contributed by atoms with Crippen molar-refractivity contribution < 1.29 is 18.0 Å². The number of aliphatic imine (C=N–C) groups is 1. The minimum atomic E-state index is -4.18. The van der Waals surface area contributed by atoms with Gasteiger partial charge in [-0.3, -0.25) is 14.7 Å². The molecule has 1 amide bonds. The molecular formula is C19H28F3N5O. The number of likely N-dealkylation sites (tertiary alicyclic amines) is 1. The van der Waals surface area contributed by atoms with Crippen molar-refractivity contribution in [2.75, 3.05) is 32.7 Å². The number of nitrogens with zero attached hydrogens (tertiary/aromatic N) is 2. The first-order valence-corrected chi connectivity index (χ1v) is 9.50. The lowest BCUT2D eigenvalue weighted by Crippen LogP contribution is -2.45. The quantitative estimate of drug-likeness (QED) is 0.461. The summed E-state index contributed by atoms with van der Waals surface area (Å²) in [6.45, 7) is 3.15. The Hall–Kier alpha value is -2.29. The van der Waals surface area contributed by atoms with Crippen molar-refractivity contribution in [2.45, 2.75) is 38.5 Å². The molecule has 1 aliphatic heterocycles. The Morgan fingerprint density at radius 3 is 2.68 bits per heavy atom. The number of amides is 1. The van der Waals surface area contributed by atoms with E-state index in [-0.39, 0.29) is 18.4 Å². The molecule has 1 atom stereocenters. The third-order valence-electron chi connectivity index (χ3n) is 4.30. The largest absolute Gasteiger partial charge is 0.401 e. The van der Waals surface area contributed by atoms with Gasteiger partial charge in [0.05, 0.1) is 13.1 Å². The van der Waals surface area contributed by atoms with Crippen molar-refractivity contribution in [3.05, 3.63) is 35.9 Å². The topological polar surface area (TPSA) is 68.8 Å². The van der Waals surface area contributed by atoms with Gasteiger partial charge < -0.3 is 16.0 Å². The third-order valence-corrected chi connectivity index (χ3v) is 4.30. The van der Waals surface area contributed by atoms with E-state index in [0.717, 1.165) is 5.56 Å². The van der Waals surface area contributed by atoms with Gasteiger partial charge >= 0.3 is 6.18 Å². The molecule has 0 bridgehead atoms. The first-order chi connectivity index (χ1) is 13.4. The van der Waals surface area contributed by atoms with E-state index in [0.29, 0.717) is 45.1 Å². The first kappa shape index (κ1) is 22.0. The van der Waals surface area contributed by atoms with Gasteiger partial charge in [-0.05, 0) is 18.9 Å². The summed E-state index contributed by atoms with van der Waals surface area (Å²) in [5, 5.41) is 9.08. The van der Waals surface area contributed by atoms with Gasteiger partial charge in [-0.1, -0.05) is 30.3 Å². The molecule has 1 heterocycles. The summed E-state index contributed by atoms with van der Waals surface area (Å²) < 4.78 is 37.5. The first-order valence-electron chi connectivity index (χ1n) is 9.50. The van der Waals surface area contributed by atoms with Crippen LogP contribution in [-0.4, -0.2) is 61.7 Å². The van der Waals surface area contributed by atoms with Crippen molar-refractivity contribution in [3.63, 3.8) is 0 Å². The fraction of sp³-hybridized carbons (Fsp3) is 0.579. The van der Waals surface area contributed by atoms with Crippen molar-refractivity contribution >= 4 is 11.9 Å². The van der Waals surface area contributed by atoms with E-state index < -0.39 is 12.7 Å². The molecule has 1 fully saturated rings. The molecule has 1 aromatic rings. The van der Waals surface area contributed by atoms with Gasteiger partial charge in [0.2, 0.25) is 5.91 Å². The maximum Gasteiger partial charge on any atom is 0.401 e. The lowest BCUT2D eigenvalue weighted by Gasteiger charge is -2.19. The van der Waals surface area contributed by atoms with Gasteiger partial charge in [0.25, 0.3) is 0 Å². The van der Waals surface area contributed by atoms with Gasteiger partial charge in [0.15, 0.2) is 5.96 Å². The van der Waals surface area contributed by atoms with Crippen LogP contribution in [0.3, 0.4) is 0 Å². The van der Waals surface area contributed by atoms with Crippen LogP contribution in [0.25, 0.3) is 0 Å². The number of carbonyl (C=O) groups excluding carboxylic acids is 1. The highest BCUT2D eigenvalue weighted by Gasteiger charge is 2.34. The minimum Gasteiger partial charge on any atom is -0.357 e. The molecule has 0 saturated carbocycles. The number of hydrogen-bond acceptors (Lipinski definition) is 3. The van der Waals surface area contributed by atoms with Gasteiger partial charge in [-0.25, -0.2) is 0 Å². The molecule has 2 rings (SSSR count). The number of rotatable bonds is 8. The second-order valence-electron chi connectivity index (χ2n) is 6.75. The van der Waals surface area contributed by atoms with Gasteiger partial charge in [0, 0.05) is 38.6 Å². The molecule has 9 heteroatoms. The van der Waals surface area contributed by atoms with E-state index in [9.17, 15) is 18.0 Å². The highest BCUT2D eigenvalue weighted by molar-refractivity contribution is 5.81. The van der Waals surface area contributed by atoms with Crippen LogP contribution < -0.4 is 16.0 Å². The summed E-state index contributed by atoms with van der Waals surface area (Å²) in [5.74, 6) is 0.429. The smallest absolute Gasteiger partial charge is 0.357 e. The number of guanidine groups is 1. The van der Waals surface area contributed by atoms with Crippen LogP contribution >= 0.6 is 0 Å². The van der Waals surface area contributed by atoms with Crippen LogP contribution in [0.1, 0.15) is 25.3 Å². The zero-order valence-corrected chi connectivity index (χ0v) is 16.1. The van der Waals surface area contributed by atoms with Crippen molar-refractivity contribution in [1.82, 2.24) is 20.9 Å². The normalized spacial score (nSPS) is 18.1. The van der Waals surface area contributed by atoms with E-state index in [4.69, 9.17) is 0 Å². The molecule has 1 aliphatic rings. The van der Waals surface area contributed by atoms with E-state index in [1.807, 2.05) is 37.3 Å². The maximum atomic E-state index is 12.5. The van der Waals surface area contributed by atoms with Crippen LogP contribution in [0.4, 0.5) is 13.2 Å². The Balaban J connectivity index is 1.73. The highest BCUT2D eigenvalue weighted by atomic mass is 19.4. The van der Waals surface area contributed by atoms with E-state index >= 15 is 0 Å². The van der Waals surface area contributed by atoms with Crippen LogP contribution in [0.5, 0.6) is 0 Å². The van der Waals surface area contributed by atoms with Crippen LogP contribution in [0, 0.1) is 0 Å². The van der Waals surface area contributed by atoms with Crippen molar-refractivity contribution in [2.24, 2.45) is 4.99 Å². The Labute approximate surface area is 163 Å². The third kappa shape index (κ3) is 8.60. The average Bonchev–Trinajstić information content (AvgIpc) is 3.06. The molecule has 0 aromatic heterocycles. The number of benzene rings is 1. The Morgan fingerprint density at radius 1 is 1.25 bits per heavy atom. The molecule has 156 valence electrons. The second kappa shape index (κ2) is 10.9. The molecule has 28 heavy (non-hydrogen) atoms. The molecule has 0 aliphatic carbocycles. The second-order valence-corrected chi connectivity index (χ2v) is 6.75. The van der Waals surface area contributed by atoms with Crippen LogP contribution in [-0.2, 0) is 11.3 Å². The molecule has 1 unspecified atom stereocenters. The molecule has 3 N–H and O–H groups in total. The summed E-state index contributed by atoms with van der Waals surface area (Å²) in [6, 6.07) is 9.54. The molecule has 6 nitrogen and oxygen atoms in total. The fourth-order valence-electron chi connectivity index (χ4n) is 3.02. The Bertz CT molecular complexity index is 636. The summed E-state index contributed by atoms with van der Waals surface area (Å²) >= 11 is 0. The monoisotopic (exact) mass is 399 g/mol. The van der Waals surface area contributed by atoms with E-state index in [1.54, 1.807) is 0 Å². The summed E-state index contributed by atoms with van der Waals surface area (Å²) in [5.41, 5.74) is 1.03. The van der Waals surface area contributed by atoms with Gasteiger partial charge in [-0.15, -0.1) is 0 Å². The van der Waals surface area contributed by atoms with E-state index in [1.165, 1.54) is 4.90 Å². The zero-order valence-electron chi connectivity index (χ0n) is 16.1. The molecule has 0 radical (unpaired) electrons. The van der Waals surface area contributed by atoms with Gasteiger partial charge in [0.1, 0.15) is 0 Å². The van der Waals surface area contributed by atoms with Crippen LogP contribution in [0.2, 0.25) is 0 Å². The highest BCUT2D eigenvalue weighted by Crippen LogP contribution is 2.19. The number of nitrogens with one attached hydrogen (secondary N) is 3. The number of alkyl halides is 3. The number of hydrogen-bond donors (Lipinski definition) is 3. The molecule has 1 aromatic carbocycles. The molecule has 0 spiro atoms. The Morgan fingerprint density at radius 2 is 2.00 bits per heavy atom. The summed E-state index contributed by atoms with van der Waals surface area (Å²) in [4.78, 5) is 17.7. The predicted octanol–water partition coefficient (Wildman–Crippen LogP) is 1.88. The SMILES string of the molecule is CCNC(=NCCC(=O)NCc1ccccc1)NC1CCN(CC(F)(F)F)C1. The Kier molecular flexibility index (Phi) is 8.56. The number of carbonyl (C=O) groups is 1. The molecular weight excluding hydrogens is 371 g/mol. The van der Waals surface area contributed by atoms with Crippen molar-refractivity contribution in [3.8, 4) is 0 Å². The van der Waals surface area contributed by atoms with E-state index in [2.05, 4.69) is 20.9 Å².